The molecule has 1 aromatic carbocycles. The highest BCUT2D eigenvalue weighted by Crippen LogP contribution is 2.39. The first-order chi connectivity index (χ1) is 7.31. The molecule has 1 aromatic rings. The van der Waals surface area contributed by atoms with Crippen LogP contribution >= 0.6 is 0 Å². The molecule has 0 radical (unpaired) electrons. The van der Waals surface area contributed by atoms with E-state index in [4.69, 9.17) is 0 Å². The number of halogens is 3. The summed E-state index contributed by atoms with van der Waals surface area (Å²) in [5.74, 6) is 0. The van der Waals surface area contributed by atoms with Crippen LogP contribution in [-0.2, 0) is 11.6 Å². The normalized spacial score (nSPS) is 18.8. The van der Waals surface area contributed by atoms with Gasteiger partial charge in [-0.1, -0.05) is 19.9 Å². The number of rotatable bonds is 0. The van der Waals surface area contributed by atoms with Crippen LogP contribution in [0.25, 0.3) is 0 Å². The lowest BCUT2D eigenvalue weighted by Gasteiger charge is -2.33. The quantitative estimate of drug-likeness (QED) is 0.713. The number of benzene rings is 1. The molecule has 1 aliphatic rings. The van der Waals surface area contributed by atoms with Gasteiger partial charge in [0.15, 0.2) is 0 Å². The zero-order chi connectivity index (χ0) is 12.0. The molecule has 1 nitrogen and oxygen atoms in total. The maximum absolute atomic E-state index is 12.5. The van der Waals surface area contributed by atoms with Crippen LogP contribution in [0.15, 0.2) is 18.2 Å². The van der Waals surface area contributed by atoms with Crippen molar-refractivity contribution in [1.29, 1.82) is 0 Å². The number of alkyl halides is 3. The van der Waals surface area contributed by atoms with Gasteiger partial charge >= 0.3 is 6.18 Å². The van der Waals surface area contributed by atoms with E-state index >= 15 is 0 Å². The molecule has 1 N–H and O–H groups in total. The monoisotopic (exact) mass is 229 g/mol. The van der Waals surface area contributed by atoms with Crippen LogP contribution < -0.4 is 5.32 Å². The topological polar surface area (TPSA) is 12.0 Å². The van der Waals surface area contributed by atoms with Crippen LogP contribution in [0, 0.1) is 0 Å². The zero-order valence-corrected chi connectivity index (χ0v) is 9.28. The van der Waals surface area contributed by atoms with Gasteiger partial charge in [0.25, 0.3) is 0 Å². The molecule has 0 unspecified atom stereocenters. The van der Waals surface area contributed by atoms with E-state index in [1.165, 1.54) is 6.07 Å². The van der Waals surface area contributed by atoms with Crippen molar-refractivity contribution in [3.05, 3.63) is 29.3 Å². The summed E-state index contributed by atoms with van der Waals surface area (Å²) in [6.45, 7) is 4.83. The molecule has 16 heavy (non-hydrogen) atoms. The number of anilines is 1. The molecule has 0 bridgehead atoms. The average molecular weight is 229 g/mol. The summed E-state index contributed by atoms with van der Waals surface area (Å²) in [5, 5.41) is 3.03. The van der Waals surface area contributed by atoms with Gasteiger partial charge in [-0.3, -0.25) is 0 Å². The summed E-state index contributed by atoms with van der Waals surface area (Å²) in [5.41, 5.74) is 0.944. The van der Waals surface area contributed by atoms with E-state index < -0.39 is 11.7 Å². The summed E-state index contributed by atoms with van der Waals surface area (Å²) < 4.78 is 37.6. The average Bonchev–Trinajstić information content (AvgIpc) is 2.15. The number of nitrogens with one attached hydrogen (secondary N) is 1. The SMILES string of the molecule is CC1(C)CCNc2cc(C(F)(F)F)ccc21. The van der Waals surface area contributed by atoms with Crippen molar-refractivity contribution >= 4 is 5.69 Å². The smallest absolute Gasteiger partial charge is 0.385 e. The van der Waals surface area contributed by atoms with Crippen molar-refractivity contribution in [2.45, 2.75) is 31.9 Å². The van der Waals surface area contributed by atoms with E-state index in [-0.39, 0.29) is 5.41 Å². The number of hydrogen-bond acceptors (Lipinski definition) is 1. The highest BCUT2D eigenvalue weighted by Gasteiger charge is 2.33. The van der Waals surface area contributed by atoms with Gasteiger partial charge in [-0.05, 0) is 29.5 Å². The van der Waals surface area contributed by atoms with Gasteiger partial charge in [-0.15, -0.1) is 0 Å². The first-order valence-corrected chi connectivity index (χ1v) is 5.26. The Morgan fingerprint density at radius 3 is 2.56 bits per heavy atom. The summed E-state index contributed by atoms with van der Waals surface area (Å²) in [6, 6.07) is 3.95. The van der Waals surface area contributed by atoms with E-state index in [0.717, 1.165) is 24.6 Å². The van der Waals surface area contributed by atoms with Crippen LogP contribution in [0.5, 0.6) is 0 Å². The lowest BCUT2D eigenvalue weighted by molar-refractivity contribution is -0.137. The summed E-state index contributed by atoms with van der Waals surface area (Å²) in [4.78, 5) is 0. The molecular formula is C12H14F3N. The molecule has 4 heteroatoms. The Labute approximate surface area is 92.7 Å². The molecule has 2 rings (SSSR count). The minimum atomic E-state index is -4.27. The summed E-state index contributed by atoms with van der Waals surface area (Å²) >= 11 is 0. The Hall–Kier alpha value is -1.19. The zero-order valence-electron chi connectivity index (χ0n) is 9.28. The predicted octanol–water partition coefficient (Wildman–Crippen LogP) is 3.80. The van der Waals surface area contributed by atoms with Crippen molar-refractivity contribution in [2.75, 3.05) is 11.9 Å². The standard InChI is InChI=1S/C12H14F3N/c1-11(2)5-6-16-10-7-8(12(13,14)15)3-4-9(10)11/h3-4,7,16H,5-6H2,1-2H3. The van der Waals surface area contributed by atoms with Gasteiger partial charge in [0.2, 0.25) is 0 Å². The van der Waals surface area contributed by atoms with E-state index in [1.54, 1.807) is 6.07 Å². The van der Waals surface area contributed by atoms with Gasteiger partial charge in [0, 0.05) is 12.2 Å². The molecule has 1 heterocycles. The van der Waals surface area contributed by atoms with Crippen molar-refractivity contribution in [1.82, 2.24) is 0 Å². The van der Waals surface area contributed by atoms with Gasteiger partial charge < -0.3 is 5.32 Å². The van der Waals surface area contributed by atoms with E-state index in [1.807, 2.05) is 0 Å². The second kappa shape index (κ2) is 3.40. The minimum Gasteiger partial charge on any atom is -0.385 e. The van der Waals surface area contributed by atoms with E-state index in [9.17, 15) is 13.2 Å². The van der Waals surface area contributed by atoms with Gasteiger partial charge in [0.05, 0.1) is 5.56 Å². The van der Waals surface area contributed by atoms with Crippen molar-refractivity contribution in [2.24, 2.45) is 0 Å². The third kappa shape index (κ3) is 1.88. The molecule has 0 spiro atoms. The largest absolute Gasteiger partial charge is 0.416 e. The Kier molecular flexibility index (Phi) is 2.40. The first-order valence-electron chi connectivity index (χ1n) is 5.26. The lowest BCUT2D eigenvalue weighted by Crippen LogP contribution is -2.28. The highest BCUT2D eigenvalue weighted by molar-refractivity contribution is 5.58. The molecule has 0 saturated heterocycles. The Morgan fingerprint density at radius 2 is 1.94 bits per heavy atom. The molecule has 0 amide bonds. The fraction of sp³-hybridized carbons (Fsp3) is 0.500. The van der Waals surface area contributed by atoms with Crippen LogP contribution in [0.4, 0.5) is 18.9 Å². The number of fused-ring (bicyclic) bond motifs is 1. The Morgan fingerprint density at radius 1 is 1.25 bits per heavy atom. The third-order valence-corrected chi connectivity index (χ3v) is 3.14. The maximum Gasteiger partial charge on any atom is 0.416 e. The molecule has 0 aliphatic carbocycles. The van der Waals surface area contributed by atoms with Crippen LogP contribution in [-0.4, -0.2) is 6.54 Å². The van der Waals surface area contributed by atoms with Crippen molar-refractivity contribution < 1.29 is 13.2 Å². The Bertz CT molecular complexity index is 407. The van der Waals surface area contributed by atoms with Crippen molar-refractivity contribution in [3.63, 3.8) is 0 Å². The van der Waals surface area contributed by atoms with E-state index in [0.29, 0.717) is 5.69 Å². The third-order valence-electron chi connectivity index (χ3n) is 3.14. The highest BCUT2D eigenvalue weighted by atomic mass is 19.4. The second-order valence-corrected chi connectivity index (χ2v) is 4.82. The molecular weight excluding hydrogens is 215 g/mol. The lowest BCUT2D eigenvalue weighted by atomic mass is 9.78. The van der Waals surface area contributed by atoms with E-state index in [2.05, 4.69) is 19.2 Å². The fourth-order valence-corrected chi connectivity index (χ4v) is 2.10. The fourth-order valence-electron chi connectivity index (χ4n) is 2.10. The molecule has 0 saturated carbocycles. The summed E-state index contributed by atoms with van der Waals surface area (Å²) in [6.07, 6.45) is -3.33. The number of hydrogen-bond donors (Lipinski definition) is 1. The van der Waals surface area contributed by atoms with Crippen LogP contribution in [0.1, 0.15) is 31.4 Å². The minimum absolute atomic E-state index is 0.0509. The molecule has 1 aliphatic heterocycles. The van der Waals surface area contributed by atoms with Crippen LogP contribution in [0.3, 0.4) is 0 Å². The molecule has 0 fully saturated rings. The molecule has 88 valence electrons. The first kappa shape index (κ1) is 11.3. The second-order valence-electron chi connectivity index (χ2n) is 4.82. The molecule has 0 aromatic heterocycles. The van der Waals surface area contributed by atoms with Crippen molar-refractivity contribution in [3.8, 4) is 0 Å². The summed E-state index contributed by atoms with van der Waals surface area (Å²) in [7, 11) is 0. The van der Waals surface area contributed by atoms with Crippen LogP contribution in [0.2, 0.25) is 0 Å². The van der Waals surface area contributed by atoms with Gasteiger partial charge in [0.1, 0.15) is 0 Å². The van der Waals surface area contributed by atoms with Gasteiger partial charge in [-0.2, -0.15) is 13.2 Å². The van der Waals surface area contributed by atoms with Gasteiger partial charge in [-0.25, -0.2) is 0 Å². The maximum atomic E-state index is 12.5. The predicted molar refractivity (Wildman–Crippen MR) is 57.6 cm³/mol. The molecule has 0 atom stereocenters. The Balaban J connectivity index is 2.48.